The zero-order valence-electron chi connectivity index (χ0n) is 6.36. The van der Waals surface area contributed by atoms with E-state index in [1.807, 2.05) is 0 Å². The molecule has 0 aromatic rings. The fourth-order valence-electron chi connectivity index (χ4n) is 3.66. The molecular formula is C9H12O2. The van der Waals surface area contributed by atoms with E-state index in [0.717, 1.165) is 11.8 Å². The summed E-state index contributed by atoms with van der Waals surface area (Å²) >= 11 is 0. The van der Waals surface area contributed by atoms with Crippen molar-refractivity contribution in [2.24, 2.45) is 29.6 Å². The molecule has 0 unspecified atom stereocenters. The number of carboxylic acids is 1. The van der Waals surface area contributed by atoms with Crippen LogP contribution in [0.4, 0.5) is 0 Å². The van der Waals surface area contributed by atoms with Gasteiger partial charge >= 0.3 is 5.97 Å². The molecule has 0 heterocycles. The Balaban J connectivity index is 1.86. The van der Waals surface area contributed by atoms with Gasteiger partial charge in [0.1, 0.15) is 0 Å². The minimum absolute atomic E-state index is 0.0706. The quantitative estimate of drug-likeness (QED) is 0.616. The zero-order chi connectivity index (χ0) is 7.59. The second kappa shape index (κ2) is 1.62. The molecule has 1 N–H and O–H groups in total. The van der Waals surface area contributed by atoms with Gasteiger partial charge in [-0.05, 0) is 42.9 Å². The lowest BCUT2D eigenvalue weighted by atomic mass is 10.0. The summed E-state index contributed by atoms with van der Waals surface area (Å²) in [5.74, 6) is 2.34. The van der Waals surface area contributed by atoms with Crippen LogP contribution in [-0.2, 0) is 4.79 Å². The number of hydrogen-bond donors (Lipinski definition) is 1. The Morgan fingerprint density at radius 2 is 1.73 bits per heavy atom. The average Bonchev–Trinajstić information content (AvgIpc) is 2.44. The molecule has 60 valence electrons. The molecule has 0 spiro atoms. The number of fused-ring (bicyclic) bond motifs is 5. The van der Waals surface area contributed by atoms with Gasteiger partial charge in [-0.15, -0.1) is 0 Å². The van der Waals surface area contributed by atoms with Gasteiger partial charge in [-0.3, -0.25) is 4.79 Å². The Bertz CT molecular complexity index is 208. The van der Waals surface area contributed by atoms with E-state index in [4.69, 9.17) is 5.11 Å². The molecule has 3 saturated carbocycles. The third-order valence-corrected chi connectivity index (χ3v) is 4.02. The maximum atomic E-state index is 10.7. The number of carboxylic acid groups (broad SMARTS) is 1. The Morgan fingerprint density at radius 3 is 2.18 bits per heavy atom. The molecule has 2 heteroatoms. The predicted molar refractivity (Wildman–Crippen MR) is 38.9 cm³/mol. The standard InChI is InChI=1S/C9H12O2/c10-9(11)8-6-4-1-2-5(3-4)7(6)8/h4-8H,1-3H2,(H,10,11)/t4-,5-,6-,7-/m1/s1. The van der Waals surface area contributed by atoms with Gasteiger partial charge in [0.05, 0.1) is 5.92 Å². The Kier molecular flexibility index (Phi) is 0.890. The van der Waals surface area contributed by atoms with E-state index in [9.17, 15) is 4.79 Å². The maximum absolute atomic E-state index is 10.7. The Hall–Kier alpha value is -0.530. The predicted octanol–water partition coefficient (Wildman–Crippen LogP) is 1.36. The van der Waals surface area contributed by atoms with Crippen LogP contribution in [0.15, 0.2) is 0 Å². The van der Waals surface area contributed by atoms with Crippen LogP contribution >= 0.6 is 0 Å². The van der Waals surface area contributed by atoms with E-state index < -0.39 is 5.97 Å². The van der Waals surface area contributed by atoms with E-state index in [-0.39, 0.29) is 5.92 Å². The average molecular weight is 152 g/mol. The van der Waals surface area contributed by atoms with Crippen LogP contribution < -0.4 is 0 Å². The zero-order valence-corrected chi connectivity index (χ0v) is 6.36. The Labute approximate surface area is 65.6 Å². The van der Waals surface area contributed by atoms with Gasteiger partial charge in [-0.25, -0.2) is 0 Å². The lowest BCUT2D eigenvalue weighted by Gasteiger charge is -2.04. The smallest absolute Gasteiger partial charge is 0.307 e. The van der Waals surface area contributed by atoms with Crippen LogP contribution in [0.1, 0.15) is 19.3 Å². The number of carbonyl (C=O) groups is 1. The fourth-order valence-corrected chi connectivity index (χ4v) is 3.66. The van der Waals surface area contributed by atoms with Crippen molar-refractivity contribution in [1.29, 1.82) is 0 Å². The minimum Gasteiger partial charge on any atom is -0.481 e. The van der Waals surface area contributed by atoms with E-state index in [0.29, 0.717) is 11.8 Å². The lowest BCUT2D eigenvalue weighted by Crippen LogP contribution is -2.07. The van der Waals surface area contributed by atoms with Crippen molar-refractivity contribution < 1.29 is 9.90 Å². The van der Waals surface area contributed by atoms with E-state index in [1.165, 1.54) is 19.3 Å². The third-order valence-electron chi connectivity index (χ3n) is 4.02. The summed E-state index contributed by atoms with van der Waals surface area (Å²) in [4.78, 5) is 10.7. The topological polar surface area (TPSA) is 37.3 Å². The summed E-state index contributed by atoms with van der Waals surface area (Å²) < 4.78 is 0. The van der Waals surface area contributed by atoms with Gasteiger partial charge < -0.3 is 5.11 Å². The largest absolute Gasteiger partial charge is 0.481 e. The van der Waals surface area contributed by atoms with Crippen LogP contribution in [0.25, 0.3) is 0 Å². The first kappa shape index (κ1) is 6.04. The van der Waals surface area contributed by atoms with Gasteiger partial charge in [-0.1, -0.05) is 0 Å². The molecular weight excluding hydrogens is 140 g/mol. The van der Waals surface area contributed by atoms with Crippen LogP contribution in [-0.4, -0.2) is 11.1 Å². The van der Waals surface area contributed by atoms with Gasteiger partial charge in [0, 0.05) is 0 Å². The SMILES string of the molecule is O=C(O)C1[C@@H]2[C@@H]3CC[C@H](C3)[C@@H]12. The lowest BCUT2D eigenvalue weighted by molar-refractivity contribution is -0.139. The molecule has 0 radical (unpaired) electrons. The van der Waals surface area contributed by atoms with Crippen molar-refractivity contribution in [2.75, 3.05) is 0 Å². The first-order valence-corrected chi connectivity index (χ1v) is 4.52. The molecule has 3 fully saturated rings. The second-order valence-corrected chi connectivity index (χ2v) is 4.35. The number of aliphatic carboxylic acids is 1. The first-order valence-electron chi connectivity index (χ1n) is 4.52. The molecule has 3 aliphatic carbocycles. The molecule has 4 atom stereocenters. The fraction of sp³-hybridized carbons (Fsp3) is 0.889. The summed E-state index contributed by atoms with van der Waals surface area (Å²) in [6, 6.07) is 0. The van der Waals surface area contributed by atoms with Crippen molar-refractivity contribution in [3.8, 4) is 0 Å². The molecule has 0 saturated heterocycles. The molecule has 0 aromatic carbocycles. The van der Waals surface area contributed by atoms with Crippen molar-refractivity contribution in [3.05, 3.63) is 0 Å². The molecule has 0 aromatic heterocycles. The van der Waals surface area contributed by atoms with Gasteiger partial charge in [-0.2, -0.15) is 0 Å². The monoisotopic (exact) mass is 152 g/mol. The summed E-state index contributed by atoms with van der Waals surface area (Å²) in [7, 11) is 0. The summed E-state index contributed by atoms with van der Waals surface area (Å²) in [5.41, 5.74) is 0. The van der Waals surface area contributed by atoms with E-state index in [1.54, 1.807) is 0 Å². The maximum Gasteiger partial charge on any atom is 0.307 e. The Morgan fingerprint density at radius 1 is 1.18 bits per heavy atom. The normalized spacial score (nSPS) is 57.6. The molecule has 2 nitrogen and oxygen atoms in total. The molecule has 2 bridgehead atoms. The summed E-state index contributed by atoms with van der Waals surface area (Å²) in [6.07, 6.45) is 3.98. The van der Waals surface area contributed by atoms with Crippen LogP contribution in [0.5, 0.6) is 0 Å². The van der Waals surface area contributed by atoms with Crippen LogP contribution in [0.3, 0.4) is 0 Å². The van der Waals surface area contributed by atoms with Gasteiger partial charge in [0.2, 0.25) is 0 Å². The van der Waals surface area contributed by atoms with E-state index >= 15 is 0 Å². The van der Waals surface area contributed by atoms with Crippen molar-refractivity contribution in [1.82, 2.24) is 0 Å². The van der Waals surface area contributed by atoms with Gasteiger partial charge in [0.15, 0.2) is 0 Å². The minimum atomic E-state index is -0.531. The molecule has 0 amide bonds. The van der Waals surface area contributed by atoms with Crippen molar-refractivity contribution in [3.63, 3.8) is 0 Å². The highest BCUT2D eigenvalue weighted by Crippen LogP contribution is 2.69. The van der Waals surface area contributed by atoms with Crippen LogP contribution in [0, 0.1) is 29.6 Å². The molecule has 0 aliphatic heterocycles. The highest BCUT2D eigenvalue weighted by Gasteiger charge is 2.67. The third kappa shape index (κ3) is 0.569. The van der Waals surface area contributed by atoms with Crippen molar-refractivity contribution >= 4 is 5.97 Å². The van der Waals surface area contributed by atoms with E-state index in [2.05, 4.69) is 0 Å². The molecule has 3 aliphatic rings. The summed E-state index contributed by atoms with van der Waals surface area (Å²) in [5, 5.41) is 8.82. The highest BCUT2D eigenvalue weighted by molar-refractivity contribution is 5.75. The van der Waals surface area contributed by atoms with Crippen molar-refractivity contribution in [2.45, 2.75) is 19.3 Å². The molecule has 11 heavy (non-hydrogen) atoms. The van der Waals surface area contributed by atoms with Crippen LogP contribution in [0.2, 0.25) is 0 Å². The first-order chi connectivity index (χ1) is 5.29. The summed E-state index contributed by atoms with van der Waals surface area (Å²) in [6.45, 7) is 0. The molecule has 3 rings (SSSR count). The second-order valence-electron chi connectivity index (χ2n) is 4.35. The van der Waals surface area contributed by atoms with Gasteiger partial charge in [0.25, 0.3) is 0 Å². The number of rotatable bonds is 1. The highest BCUT2D eigenvalue weighted by atomic mass is 16.4. The number of hydrogen-bond acceptors (Lipinski definition) is 1.